The van der Waals surface area contributed by atoms with Crippen LogP contribution in [0.25, 0.3) is 21.9 Å². The number of aromatic nitrogens is 1. The van der Waals surface area contributed by atoms with Crippen molar-refractivity contribution in [1.82, 2.24) is 15.6 Å². The van der Waals surface area contributed by atoms with Crippen molar-refractivity contribution in [3.63, 3.8) is 0 Å². The number of unbranched alkanes of at least 4 members (excludes halogenated alkanes) is 1. The first kappa shape index (κ1) is 31.2. The van der Waals surface area contributed by atoms with Crippen LogP contribution in [0.4, 0.5) is 5.82 Å². The van der Waals surface area contributed by atoms with E-state index in [-0.39, 0.29) is 18.9 Å². The number of anilines is 1. The van der Waals surface area contributed by atoms with E-state index in [1.807, 2.05) is 61.5 Å². The highest BCUT2D eigenvalue weighted by Gasteiger charge is 2.19. The minimum Gasteiger partial charge on any atom is -0.481 e. The van der Waals surface area contributed by atoms with E-state index in [4.69, 9.17) is 0 Å². The lowest BCUT2D eigenvalue weighted by Crippen LogP contribution is -2.39. The molecule has 43 heavy (non-hydrogen) atoms. The largest absolute Gasteiger partial charge is 0.481 e. The van der Waals surface area contributed by atoms with Crippen LogP contribution in [0.15, 0.2) is 78.9 Å². The Hall–Kier alpha value is -4.72. The highest BCUT2D eigenvalue weighted by atomic mass is 16.4. The van der Waals surface area contributed by atoms with Gasteiger partial charge in [0, 0.05) is 18.7 Å². The topological polar surface area (TPSA) is 120 Å². The summed E-state index contributed by atoms with van der Waals surface area (Å²) >= 11 is 0. The van der Waals surface area contributed by atoms with Crippen molar-refractivity contribution in [3.8, 4) is 11.1 Å². The van der Waals surface area contributed by atoms with Gasteiger partial charge >= 0.3 is 5.97 Å². The summed E-state index contributed by atoms with van der Waals surface area (Å²) in [6.07, 6.45) is 1.47. The number of carbonyl (C=O) groups excluding carboxylic acids is 2. The number of carboxylic acid groups (broad SMARTS) is 1. The number of fused-ring (bicyclic) bond motifs is 1. The summed E-state index contributed by atoms with van der Waals surface area (Å²) < 4.78 is 0. The lowest BCUT2D eigenvalue weighted by molar-refractivity contribution is -0.138. The Kier molecular flexibility index (Phi) is 10.9. The molecule has 0 saturated carbocycles. The molecule has 1 unspecified atom stereocenters. The van der Waals surface area contributed by atoms with Crippen LogP contribution in [0.5, 0.6) is 0 Å². The highest BCUT2D eigenvalue weighted by molar-refractivity contribution is 5.98. The second-order valence-corrected chi connectivity index (χ2v) is 11.1. The minimum absolute atomic E-state index is 0.216. The predicted octanol–water partition coefficient (Wildman–Crippen LogP) is 6.36. The van der Waals surface area contributed by atoms with E-state index in [0.29, 0.717) is 30.9 Å². The van der Waals surface area contributed by atoms with E-state index in [1.54, 1.807) is 0 Å². The Morgan fingerprint density at radius 2 is 1.58 bits per heavy atom. The van der Waals surface area contributed by atoms with Crippen molar-refractivity contribution in [3.05, 3.63) is 95.7 Å². The summed E-state index contributed by atoms with van der Waals surface area (Å²) in [5.74, 6) is -0.482. The third kappa shape index (κ3) is 8.88. The number of hydrogen-bond donors (Lipinski definition) is 4. The van der Waals surface area contributed by atoms with E-state index in [9.17, 15) is 19.5 Å². The molecular formula is C35H40N4O4. The molecule has 4 N–H and O–H groups in total. The number of carboxylic acids is 1. The molecule has 1 heterocycles. The Morgan fingerprint density at radius 3 is 2.28 bits per heavy atom. The molecule has 0 fully saturated rings. The number of aliphatic carboxylic acids is 1. The first-order valence-corrected chi connectivity index (χ1v) is 14.8. The van der Waals surface area contributed by atoms with Crippen molar-refractivity contribution < 1.29 is 19.5 Å². The Labute approximate surface area is 252 Å². The zero-order chi connectivity index (χ0) is 30.8. The van der Waals surface area contributed by atoms with Gasteiger partial charge in [-0.25, -0.2) is 4.98 Å². The Balaban J connectivity index is 1.31. The Morgan fingerprint density at radius 1 is 0.837 bits per heavy atom. The molecule has 1 atom stereocenters. The fourth-order valence-corrected chi connectivity index (χ4v) is 5.18. The third-order valence-corrected chi connectivity index (χ3v) is 7.39. The number of carbonyl (C=O) groups is 3. The van der Waals surface area contributed by atoms with E-state index in [0.717, 1.165) is 34.4 Å². The summed E-state index contributed by atoms with van der Waals surface area (Å²) in [6.45, 7) is 6.78. The lowest BCUT2D eigenvalue weighted by Gasteiger charge is -2.19. The molecule has 2 amide bonds. The molecule has 4 rings (SSSR count). The summed E-state index contributed by atoms with van der Waals surface area (Å²) in [7, 11) is 0. The quantitative estimate of drug-likeness (QED) is 0.129. The van der Waals surface area contributed by atoms with E-state index in [1.165, 1.54) is 10.9 Å². The number of aryl methyl sites for hydroxylation is 1. The molecule has 0 saturated heterocycles. The van der Waals surface area contributed by atoms with Crippen LogP contribution < -0.4 is 16.0 Å². The zero-order valence-corrected chi connectivity index (χ0v) is 25.0. The second kappa shape index (κ2) is 15.0. The van der Waals surface area contributed by atoms with Gasteiger partial charge in [0.2, 0.25) is 11.8 Å². The third-order valence-electron chi connectivity index (χ3n) is 7.39. The molecule has 0 bridgehead atoms. The van der Waals surface area contributed by atoms with Crippen LogP contribution in [-0.2, 0) is 14.4 Å². The van der Waals surface area contributed by atoms with Crippen molar-refractivity contribution in [2.24, 2.45) is 0 Å². The van der Waals surface area contributed by atoms with Crippen molar-refractivity contribution in [1.29, 1.82) is 0 Å². The van der Waals surface area contributed by atoms with Gasteiger partial charge in [0.25, 0.3) is 0 Å². The number of nitrogens with zero attached hydrogens (tertiary/aromatic N) is 1. The molecule has 0 radical (unpaired) electrons. The van der Waals surface area contributed by atoms with Crippen LogP contribution in [0.1, 0.15) is 68.3 Å². The van der Waals surface area contributed by atoms with Gasteiger partial charge < -0.3 is 21.1 Å². The monoisotopic (exact) mass is 580 g/mol. The minimum atomic E-state index is -1.02. The number of benzene rings is 3. The maximum absolute atomic E-state index is 12.7. The molecule has 8 nitrogen and oxygen atoms in total. The van der Waals surface area contributed by atoms with Crippen LogP contribution >= 0.6 is 0 Å². The van der Waals surface area contributed by atoms with Gasteiger partial charge in [-0.15, -0.1) is 0 Å². The molecule has 0 aliphatic carbocycles. The number of nitrogens with one attached hydrogen (secondary N) is 3. The summed E-state index contributed by atoms with van der Waals surface area (Å²) in [4.78, 5) is 40.9. The first-order chi connectivity index (χ1) is 20.7. The molecule has 0 aliphatic rings. The van der Waals surface area contributed by atoms with Crippen LogP contribution in [-0.4, -0.2) is 41.0 Å². The van der Waals surface area contributed by atoms with Gasteiger partial charge in [0.15, 0.2) is 0 Å². The van der Waals surface area contributed by atoms with E-state index in [2.05, 4.69) is 59.0 Å². The van der Waals surface area contributed by atoms with Gasteiger partial charge in [0.1, 0.15) is 5.82 Å². The van der Waals surface area contributed by atoms with Crippen LogP contribution in [0.2, 0.25) is 0 Å². The van der Waals surface area contributed by atoms with Gasteiger partial charge in [-0.2, -0.15) is 0 Å². The fraction of sp³-hybridized carbons (Fsp3) is 0.314. The SMILES string of the molecule is Cc1cccc(NCCCCC(=O)NCC(=O)NC(CC(=O)O)c2ccc(-c3ccc(C(C)C)c4ccccc34)cc2)n1. The zero-order valence-electron chi connectivity index (χ0n) is 25.0. The lowest BCUT2D eigenvalue weighted by atomic mass is 9.90. The molecule has 0 aliphatic heterocycles. The molecule has 224 valence electrons. The molecule has 1 aromatic heterocycles. The standard InChI is InChI=1S/C35H40N4O4/c1-23(2)27-18-19-28(30-11-5-4-10-29(27)30)25-14-16-26(17-15-25)31(21-35(42)43)39-34(41)22-37-33(40)13-6-7-20-36-32-12-8-9-24(3)38-32/h4-5,8-12,14-19,23,31H,6-7,13,20-22H2,1-3H3,(H,36,38)(H,37,40)(H,39,41)(H,42,43). The average molecular weight is 581 g/mol. The predicted molar refractivity (Wildman–Crippen MR) is 171 cm³/mol. The van der Waals surface area contributed by atoms with Gasteiger partial charge in [-0.05, 0) is 70.8 Å². The fourth-order valence-electron chi connectivity index (χ4n) is 5.18. The van der Waals surface area contributed by atoms with Crippen LogP contribution in [0.3, 0.4) is 0 Å². The highest BCUT2D eigenvalue weighted by Crippen LogP contribution is 2.34. The van der Waals surface area contributed by atoms with Crippen molar-refractivity contribution >= 4 is 34.4 Å². The molecule has 3 aromatic carbocycles. The number of pyridine rings is 1. The Bertz CT molecular complexity index is 1570. The summed E-state index contributed by atoms with van der Waals surface area (Å²) in [5.41, 5.74) is 5.01. The summed E-state index contributed by atoms with van der Waals surface area (Å²) in [5, 5.41) is 20.5. The number of hydrogen-bond acceptors (Lipinski definition) is 5. The van der Waals surface area contributed by atoms with Gasteiger partial charge in [0.05, 0.1) is 19.0 Å². The van der Waals surface area contributed by atoms with Crippen molar-refractivity contribution in [2.45, 2.75) is 58.4 Å². The first-order valence-electron chi connectivity index (χ1n) is 14.8. The molecule has 0 spiro atoms. The maximum Gasteiger partial charge on any atom is 0.305 e. The van der Waals surface area contributed by atoms with Crippen molar-refractivity contribution in [2.75, 3.05) is 18.4 Å². The summed E-state index contributed by atoms with van der Waals surface area (Å²) in [6, 6.07) is 25.3. The molecule has 8 heteroatoms. The molecule has 4 aromatic rings. The molecular weight excluding hydrogens is 540 g/mol. The second-order valence-electron chi connectivity index (χ2n) is 11.1. The van der Waals surface area contributed by atoms with Gasteiger partial charge in [-0.1, -0.05) is 80.6 Å². The smallest absolute Gasteiger partial charge is 0.305 e. The number of rotatable bonds is 14. The van der Waals surface area contributed by atoms with Crippen LogP contribution in [0, 0.1) is 6.92 Å². The maximum atomic E-state index is 12.7. The normalized spacial score (nSPS) is 11.7. The van der Waals surface area contributed by atoms with E-state index < -0.39 is 17.9 Å². The number of amides is 2. The van der Waals surface area contributed by atoms with Gasteiger partial charge in [-0.3, -0.25) is 14.4 Å². The van der Waals surface area contributed by atoms with E-state index >= 15 is 0 Å². The average Bonchev–Trinajstić information content (AvgIpc) is 2.99.